The molecule has 0 amide bonds. The number of halogens is 1. The predicted octanol–water partition coefficient (Wildman–Crippen LogP) is 4.11. The zero-order valence-electron chi connectivity index (χ0n) is 10.9. The quantitative estimate of drug-likeness (QED) is 0.903. The van der Waals surface area contributed by atoms with E-state index in [-0.39, 0.29) is 0 Å². The monoisotopic (exact) mass is 336 g/mol. The molecule has 1 N–H and O–H groups in total. The number of anilines is 1. The molecule has 2 heterocycles. The Hall–Kier alpha value is -0.840. The molecule has 0 fully saturated rings. The summed E-state index contributed by atoms with van der Waals surface area (Å²) in [5.74, 6) is 0. The second-order valence-corrected chi connectivity index (χ2v) is 6.98. The van der Waals surface area contributed by atoms with Crippen molar-refractivity contribution in [3.8, 4) is 0 Å². The molecule has 0 unspecified atom stereocenters. The van der Waals surface area contributed by atoms with Crippen LogP contribution in [0.5, 0.6) is 0 Å². The van der Waals surface area contributed by atoms with Crippen molar-refractivity contribution in [1.82, 2.24) is 4.90 Å². The molecule has 1 aromatic heterocycles. The maximum absolute atomic E-state index is 3.51. The Labute approximate surface area is 126 Å². The lowest BCUT2D eigenvalue weighted by molar-refractivity contribution is 0.322. The van der Waals surface area contributed by atoms with Crippen molar-refractivity contribution in [2.24, 2.45) is 0 Å². The summed E-state index contributed by atoms with van der Waals surface area (Å²) in [5, 5.41) is 5.59. The van der Waals surface area contributed by atoms with Gasteiger partial charge in [-0.1, -0.05) is 12.1 Å². The van der Waals surface area contributed by atoms with Crippen LogP contribution in [0.2, 0.25) is 0 Å². The molecule has 2 aromatic rings. The molecule has 0 spiro atoms. The largest absolute Gasteiger partial charge is 0.384 e. The standard InChI is InChI=1S/C15H17BrN2S/c1-18(9-14-7-13(16)10-19-14)8-11-2-3-12-4-5-17-15(12)6-11/h2-3,6-7,10,17H,4-5,8-9H2,1H3. The summed E-state index contributed by atoms with van der Waals surface area (Å²) in [5.41, 5.74) is 4.16. The lowest BCUT2D eigenvalue weighted by Crippen LogP contribution is -2.16. The number of benzene rings is 1. The van der Waals surface area contributed by atoms with Crippen molar-refractivity contribution in [1.29, 1.82) is 0 Å². The molecule has 1 aromatic carbocycles. The van der Waals surface area contributed by atoms with Gasteiger partial charge in [0, 0.05) is 40.1 Å². The number of fused-ring (bicyclic) bond motifs is 1. The van der Waals surface area contributed by atoms with Crippen molar-refractivity contribution in [2.75, 3.05) is 18.9 Å². The van der Waals surface area contributed by atoms with Crippen LogP contribution < -0.4 is 5.32 Å². The first-order valence-corrected chi connectivity index (χ1v) is 8.15. The Bertz CT molecular complexity index is 579. The fourth-order valence-corrected chi connectivity index (χ4v) is 4.04. The summed E-state index contributed by atoms with van der Waals surface area (Å²) in [4.78, 5) is 3.75. The molecule has 0 aliphatic carbocycles. The third kappa shape index (κ3) is 3.19. The molecule has 0 saturated heterocycles. The van der Waals surface area contributed by atoms with Crippen LogP contribution in [0.3, 0.4) is 0 Å². The molecular weight excluding hydrogens is 320 g/mol. The van der Waals surface area contributed by atoms with Gasteiger partial charge in [0.1, 0.15) is 0 Å². The van der Waals surface area contributed by atoms with Gasteiger partial charge in [0.2, 0.25) is 0 Å². The smallest absolute Gasteiger partial charge is 0.0376 e. The summed E-state index contributed by atoms with van der Waals surface area (Å²) in [7, 11) is 2.17. The van der Waals surface area contributed by atoms with E-state index in [4.69, 9.17) is 0 Å². The minimum Gasteiger partial charge on any atom is -0.384 e. The van der Waals surface area contributed by atoms with E-state index in [0.717, 1.165) is 26.1 Å². The fourth-order valence-electron chi connectivity index (χ4n) is 2.51. The highest BCUT2D eigenvalue weighted by atomic mass is 79.9. The van der Waals surface area contributed by atoms with Crippen molar-refractivity contribution < 1.29 is 0 Å². The SMILES string of the molecule is CN(Cc1ccc2c(c1)NCC2)Cc1cc(Br)cs1. The first kappa shape index (κ1) is 13.2. The van der Waals surface area contributed by atoms with Crippen LogP contribution in [0, 0.1) is 0 Å². The first-order valence-electron chi connectivity index (χ1n) is 6.48. The average Bonchev–Trinajstić information content (AvgIpc) is 2.97. The molecule has 1 aliphatic heterocycles. The van der Waals surface area contributed by atoms with Crippen LogP contribution in [0.25, 0.3) is 0 Å². The van der Waals surface area contributed by atoms with Crippen LogP contribution in [0.1, 0.15) is 16.0 Å². The van der Waals surface area contributed by atoms with Gasteiger partial charge in [-0.15, -0.1) is 11.3 Å². The maximum Gasteiger partial charge on any atom is 0.0376 e. The number of rotatable bonds is 4. The Morgan fingerprint density at radius 3 is 3.00 bits per heavy atom. The molecule has 3 rings (SSSR count). The Morgan fingerprint density at radius 2 is 2.21 bits per heavy atom. The zero-order chi connectivity index (χ0) is 13.2. The van der Waals surface area contributed by atoms with Crippen molar-refractivity contribution in [2.45, 2.75) is 19.5 Å². The predicted molar refractivity (Wildman–Crippen MR) is 85.8 cm³/mol. The molecule has 1 aliphatic rings. The van der Waals surface area contributed by atoms with E-state index in [1.54, 1.807) is 0 Å². The third-order valence-corrected chi connectivity index (χ3v) is 5.07. The van der Waals surface area contributed by atoms with Crippen LogP contribution in [0.15, 0.2) is 34.1 Å². The van der Waals surface area contributed by atoms with Crippen LogP contribution in [0.4, 0.5) is 5.69 Å². The second-order valence-electron chi connectivity index (χ2n) is 5.07. The molecule has 0 atom stereocenters. The van der Waals surface area contributed by atoms with Gasteiger partial charge in [0.05, 0.1) is 0 Å². The van der Waals surface area contributed by atoms with Gasteiger partial charge in [-0.05, 0) is 52.7 Å². The fraction of sp³-hybridized carbons (Fsp3) is 0.333. The van der Waals surface area contributed by atoms with E-state index in [0.29, 0.717) is 0 Å². The van der Waals surface area contributed by atoms with Gasteiger partial charge < -0.3 is 5.32 Å². The number of hydrogen-bond donors (Lipinski definition) is 1. The van der Waals surface area contributed by atoms with E-state index in [1.807, 2.05) is 11.3 Å². The van der Waals surface area contributed by atoms with Crippen LogP contribution in [-0.2, 0) is 19.5 Å². The lowest BCUT2D eigenvalue weighted by atomic mass is 10.1. The Morgan fingerprint density at radius 1 is 1.32 bits per heavy atom. The van der Waals surface area contributed by atoms with Crippen molar-refractivity contribution in [3.05, 3.63) is 50.1 Å². The third-order valence-electron chi connectivity index (χ3n) is 3.38. The molecule has 0 bridgehead atoms. The van der Waals surface area contributed by atoms with E-state index in [2.05, 4.69) is 62.8 Å². The molecule has 19 heavy (non-hydrogen) atoms. The number of nitrogens with zero attached hydrogens (tertiary/aromatic N) is 1. The summed E-state index contributed by atoms with van der Waals surface area (Å²) in [6.45, 7) is 3.07. The molecule has 100 valence electrons. The summed E-state index contributed by atoms with van der Waals surface area (Å²) < 4.78 is 1.18. The zero-order valence-corrected chi connectivity index (χ0v) is 13.4. The second kappa shape index (κ2) is 5.65. The van der Waals surface area contributed by atoms with Gasteiger partial charge in [0.25, 0.3) is 0 Å². The maximum atomic E-state index is 3.51. The van der Waals surface area contributed by atoms with Crippen molar-refractivity contribution >= 4 is 33.0 Å². The van der Waals surface area contributed by atoms with E-state index < -0.39 is 0 Å². The molecule has 0 radical (unpaired) electrons. The Kier molecular flexibility index (Phi) is 3.91. The van der Waals surface area contributed by atoms with Gasteiger partial charge in [-0.2, -0.15) is 0 Å². The van der Waals surface area contributed by atoms with Gasteiger partial charge >= 0.3 is 0 Å². The molecule has 4 heteroatoms. The summed E-state index contributed by atoms with van der Waals surface area (Å²) >= 11 is 5.31. The lowest BCUT2D eigenvalue weighted by Gasteiger charge is -2.16. The molecule has 0 saturated carbocycles. The van der Waals surface area contributed by atoms with E-state index >= 15 is 0 Å². The van der Waals surface area contributed by atoms with Gasteiger partial charge in [-0.25, -0.2) is 0 Å². The number of thiophene rings is 1. The van der Waals surface area contributed by atoms with Crippen molar-refractivity contribution in [3.63, 3.8) is 0 Å². The average molecular weight is 337 g/mol. The summed E-state index contributed by atoms with van der Waals surface area (Å²) in [6, 6.07) is 9.02. The number of nitrogens with one attached hydrogen (secondary N) is 1. The van der Waals surface area contributed by atoms with Gasteiger partial charge in [0.15, 0.2) is 0 Å². The highest BCUT2D eigenvalue weighted by Crippen LogP contribution is 2.25. The highest BCUT2D eigenvalue weighted by Gasteiger charge is 2.11. The van der Waals surface area contributed by atoms with E-state index in [1.165, 1.54) is 26.2 Å². The topological polar surface area (TPSA) is 15.3 Å². The van der Waals surface area contributed by atoms with E-state index in [9.17, 15) is 0 Å². The van der Waals surface area contributed by atoms with Crippen LogP contribution in [-0.4, -0.2) is 18.5 Å². The molecular formula is C15H17BrN2S. The number of hydrogen-bond acceptors (Lipinski definition) is 3. The minimum atomic E-state index is 0.991. The minimum absolute atomic E-state index is 0.991. The Balaban J connectivity index is 1.64. The van der Waals surface area contributed by atoms with Crippen LogP contribution >= 0.6 is 27.3 Å². The highest BCUT2D eigenvalue weighted by molar-refractivity contribution is 9.10. The summed E-state index contributed by atoms with van der Waals surface area (Å²) in [6.07, 6.45) is 1.16. The van der Waals surface area contributed by atoms with Gasteiger partial charge in [-0.3, -0.25) is 4.90 Å². The normalized spacial score (nSPS) is 13.6. The molecule has 2 nitrogen and oxygen atoms in total. The first-order chi connectivity index (χ1) is 9.20.